The van der Waals surface area contributed by atoms with Gasteiger partial charge in [-0.25, -0.2) is 4.79 Å². The number of thiophene rings is 1. The summed E-state index contributed by atoms with van der Waals surface area (Å²) in [4.78, 5) is 12.1. The molecule has 106 valence electrons. The number of methoxy groups -OCH3 is 1. The highest BCUT2D eigenvalue weighted by molar-refractivity contribution is 7.10. The molecule has 0 aliphatic heterocycles. The van der Waals surface area contributed by atoms with Gasteiger partial charge in [-0.1, -0.05) is 18.2 Å². The van der Waals surface area contributed by atoms with Crippen LogP contribution in [0.5, 0.6) is 0 Å². The molecule has 2 aromatic rings. The Morgan fingerprint density at radius 3 is 2.70 bits per heavy atom. The predicted octanol–water partition coefficient (Wildman–Crippen LogP) is 4.14. The fourth-order valence-electron chi connectivity index (χ4n) is 1.76. The van der Waals surface area contributed by atoms with Crippen LogP contribution < -0.4 is 0 Å². The first-order valence-corrected chi connectivity index (χ1v) is 6.60. The third kappa shape index (κ3) is 3.39. The van der Waals surface area contributed by atoms with E-state index in [1.54, 1.807) is 17.5 Å². The summed E-state index contributed by atoms with van der Waals surface area (Å²) in [7, 11) is 1.28. The summed E-state index contributed by atoms with van der Waals surface area (Å²) in [6.45, 7) is 0. The second-order valence-corrected chi connectivity index (χ2v) is 5.16. The number of rotatable bonds is 3. The van der Waals surface area contributed by atoms with Gasteiger partial charge >= 0.3 is 12.1 Å². The predicted molar refractivity (Wildman–Crippen MR) is 69.9 cm³/mol. The van der Waals surface area contributed by atoms with Crippen molar-refractivity contribution in [2.45, 2.75) is 12.6 Å². The molecule has 0 fully saturated rings. The van der Waals surface area contributed by atoms with E-state index in [4.69, 9.17) is 0 Å². The van der Waals surface area contributed by atoms with Crippen LogP contribution in [0.4, 0.5) is 13.2 Å². The van der Waals surface area contributed by atoms with Gasteiger partial charge in [-0.05, 0) is 17.7 Å². The summed E-state index contributed by atoms with van der Waals surface area (Å²) < 4.78 is 42.4. The van der Waals surface area contributed by atoms with Crippen molar-refractivity contribution in [2.24, 2.45) is 0 Å². The molecule has 0 radical (unpaired) electrons. The number of benzene rings is 1. The molecular formula is C14H11F3O2S. The summed E-state index contributed by atoms with van der Waals surface area (Å²) in [6, 6.07) is 6.81. The van der Waals surface area contributed by atoms with Crippen molar-refractivity contribution in [3.8, 4) is 0 Å². The number of ether oxygens (including phenoxy) is 1. The standard InChI is InChI=1S/C14H11F3O2S/c1-19-13(18)10-7-12(20-8-10)6-9-3-2-4-11(5-9)14(15,16)17/h2-5,7-8H,6H2,1H3. The Morgan fingerprint density at radius 1 is 1.30 bits per heavy atom. The minimum Gasteiger partial charge on any atom is -0.465 e. The van der Waals surface area contributed by atoms with Crippen molar-refractivity contribution in [1.29, 1.82) is 0 Å². The molecule has 0 atom stereocenters. The molecule has 0 aliphatic rings. The van der Waals surface area contributed by atoms with Crippen LogP contribution >= 0.6 is 11.3 Å². The van der Waals surface area contributed by atoms with Crippen molar-refractivity contribution in [3.05, 3.63) is 57.3 Å². The van der Waals surface area contributed by atoms with E-state index in [9.17, 15) is 18.0 Å². The molecule has 1 aromatic carbocycles. The van der Waals surface area contributed by atoms with Gasteiger partial charge in [0.25, 0.3) is 0 Å². The molecule has 0 amide bonds. The SMILES string of the molecule is COC(=O)c1csc(Cc2cccc(C(F)(F)F)c2)c1. The normalized spacial score (nSPS) is 11.4. The highest BCUT2D eigenvalue weighted by Crippen LogP contribution is 2.30. The topological polar surface area (TPSA) is 26.3 Å². The fourth-order valence-corrected chi connectivity index (χ4v) is 2.64. The summed E-state index contributed by atoms with van der Waals surface area (Å²) in [5.41, 5.74) is 0.303. The molecule has 0 N–H and O–H groups in total. The van der Waals surface area contributed by atoms with Crippen LogP contribution in [0, 0.1) is 0 Å². The quantitative estimate of drug-likeness (QED) is 0.796. The molecule has 2 rings (SSSR count). The zero-order valence-corrected chi connectivity index (χ0v) is 11.3. The van der Waals surface area contributed by atoms with E-state index < -0.39 is 17.7 Å². The Labute approximate surface area is 117 Å². The van der Waals surface area contributed by atoms with Gasteiger partial charge in [-0.15, -0.1) is 11.3 Å². The van der Waals surface area contributed by atoms with Crippen LogP contribution in [0.3, 0.4) is 0 Å². The van der Waals surface area contributed by atoms with Gasteiger partial charge in [-0.2, -0.15) is 13.2 Å². The van der Waals surface area contributed by atoms with E-state index in [1.165, 1.54) is 24.5 Å². The maximum absolute atomic E-state index is 12.6. The van der Waals surface area contributed by atoms with E-state index in [2.05, 4.69) is 4.74 Å². The van der Waals surface area contributed by atoms with Gasteiger partial charge in [0.05, 0.1) is 18.2 Å². The summed E-state index contributed by atoms with van der Waals surface area (Å²) >= 11 is 1.32. The molecule has 0 unspecified atom stereocenters. The van der Waals surface area contributed by atoms with E-state index in [-0.39, 0.29) is 0 Å². The van der Waals surface area contributed by atoms with Gasteiger partial charge in [0.15, 0.2) is 0 Å². The lowest BCUT2D eigenvalue weighted by Crippen LogP contribution is -2.05. The number of carbonyl (C=O) groups excluding carboxylic acids is 1. The minimum atomic E-state index is -4.34. The van der Waals surface area contributed by atoms with Crippen LogP contribution in [-0.4, -0.2) is 13.1 Å². The van der Waals surface area contributed by atoms with Crippen molar-refractivity contribution < 1.29 is 22.7 Å². The Hall–Kier alpha value is -1.82. The average Bonchev–Trinajstić information content (AvgIpc) is 2.85. The molecular weight excluding hydrogens is 289 g/mol. The maximum Gasteiger partial charge on any atom is 0.416 e. The monoisotopic (exact) mass is 300 g/mol. The Kier molecular flexibility index (Phi) is 4.13. The first-order chi connectivity index (χ1) is 9.40. The molecule has 1 heterocycles. The van der Waals surface area contributed by atoms with Gasteiger partial charge < -0.3 is 4.74 Å². The van der Waals surface area contributed by atoms with E-state index in [1.807, 2.05) is 0 Å². The first kappa shape index (κ1) is 14.6. The molecule has 0 bridgehead atoms. The average molecular weight is 300 g/mol. The summed E-state index contributed by atoms with van der Waals surface area (Å²) in [5, 5.41) is 1.63. The van der Waals surface area contributed by atoms with Gasteiger partial charge in [-0.3, -0.25) is 0 Å². The lowest BCUT2D eigenvalue weighted by atomic mass is 10.1. The number of hydrogen-bond donors (Lipinski definition) is 0. The lowest BCUT2D eigenvalue weighted by molar-refractivity contribution is -0.137. The van der Waals surface area contributed by atoms with E-state index in [0.29, 0.717) is 17.5 Å². The molecule has 0 saturated heterocycles. The van der Waals surface area contributed by atoms with Gasteiger partial charge in [0, 0.05) is 16.7 Å². The third-order valence-corrected chi connectivity index (χ3v) is 3.64. The van der Waals surface area contributed by atoms with Crippen molar-refractivity contribution in [2.75, 3.05) is 7.11 Å². The highest BCUT2D eigenvalue weighted by atomic mass is 32.1. The van der Waals surface area contributed by atoms with Crippen molar-refractivity contribution in [1.82, 2.24) is 0 Å². The van der Waals surface area contributed by atoms with E-state index >= 15 is 0 Å². The first-order valence-electron chi connectivity index (χ1n) is 5.72. The Balaban J connectivity index is 2.18. The number of alkyl halides is 3. The molecule has 0 spiro atoms. The number of carbonyl (C=O) groups is 1. The zero-order valence-electron chi connectivity index (χ0n) is 10.5. The van der Waals surface area contributed by atoms with Crippen LogP contribution in [-0.2, 0) is 17.3 Å². The molecule has 20 heavy (non-hydrogen) atoms. The van der Waals surface area contributed by atoms with Gasteiger partial charge in [0.1, 0.15) is 0 Å². The Morgan fingerprint density at radius 2 is 2.05 bits per heavy atom. The number of halogens is 3. The van der Waals surface area contributed by atoms with Crippen LogP contribution in [0.15, 0.2) is 35.7 Å². The zero-order chi connectivity index (χ0) is 14.8. The Bertz CT molecular complexity index is 617. The number of hydrogen-bond acceptors (Lipinski definition) is 3. The van der Waals surface area contributed by atoms with E-state index in [0.717, 1.165) is 17.0 Å². The van der Waals surface area contributed by atoms with Gasteiger partial charge in [0.2, 0.25) is 0 Å². The van der Waals surface area contributed by atoms with Crippen molar-refractivity contribution >= 4 is 17.3 Å². The van der Waals surface area contributed by atoms with Crippen molar-refractivity contribution in [3.63, 3.8) is 0 Å². The minimum absolute atomic E-state index is 0.353. The number of esters is 1. The fraction of sp³-hybridized carbons (Fsp3) is 0.214. The molecule has 6 heteroatoms. The molecule has 2 nitrogen and oxygen atoms in total. The lowest BCUT2D eigenvalue weighted by Gasteiger charge is -2.08. The molecule has 0 saturated carbocycles. The largest absolute Gasteiger partial charge is 0.465 e. The summed E-state index contributed by atoms with van der Waals surface area (Å²) in [6.07, 6.45) is -3.99. The maximum atomic E-state index is 12.6. The second kappa shape index (κ2) is 5.66. The third-order valence-electron chi connectivity index (χ3n) is 2.71. The highest BCUT2D eigenvalue weighted by Gasteiger charge is 2.30. The second-order valence-electron chi connectivity index (χ2n) is 4.17. The molecule has 0 aliphatic carbocycles. The van der Waals surface area contributed by atoms with Crippen LogP contribution in [0.1, 0.15) is 26.4 Å². The van der Waals surface area contributed by atoms with Crippen LogP contribution in [0.2, 0.25) is 0 Å². The van der Waals surface area contributed by atoms with Crippen LogP contribution in [0.25, 0.3) is 0 Å². The molecule has 1 aromatic heterocycles. The summed E-state index contributed by atoms with van der Waals surface area (Å²) in [5.74, 6) is -0.448. The smallest absolute Gasteiger partial charge is 0.416 e.